The highest BCUT2D eigenvalue weighted by atomic mass is 79.9. The maximum absolute atomic E-state index is 12.5. The molecule has 0 unspecified atom stereocenters. The molecule has 1 amide bonds. The molecule has 0 saturated carbocycles. The number of rotatable bonds is 3. The molecule has 0 fully saturated rings. The molecule has 2 aromatic carbocycles. The molecular weight excluding hydrogens is 320 g/mol. The maximum atomic E-state index is 12.5. The van der Waals surface area contributed by atoms with E-state index in [-0.39, 0.29) is 11.7 Å². The van der Waals surface area contributed by atoms with Crippen LogP contribution in [0.2, 0.25) is 0 Å². The van der Waals surface area contributed by atoms with E-state index in [2.05, 4.69) is 15.9 Å². The largest absolute Gasteiger partial charge is 0.508 e. The van der Waals surface area contributed by atoms with Crippen molar-refractivity contribution in [2.45, 2.75) is 6.92 Å². The van der Waals surface area contributed by atoms with Crippen LogP contribution in [-0.4, -0.2) is 17.6 Å². The van der Waals surface area contributed by atoms with Gasteiger partial charge in [0, 0.05) is 34.0 Å². The van der Waals surface area contributed by atoms with Crippen molar-refractivity contribution in [1.29, 1.82) is 0 Å². The van der Waals surface area contributed by atoms with Crippen molar-refractivity contribution in [2.75, 3.05) is 17.2 Å². The molecule has 4 nitrogen and oxygen atoms in total. The van der Waals surface area contributed by atoms with Crippen LogP contribution < -0.4 is 10.6 Å². The zero-order chi connectivity index (χ0) is 14.7. The SMILES string of the molecule is CCN(C(=O)c1ccc(Br)c(N)c1)c1cccc(O)c1. The number of anilines is 2. The molecule has 0 aliphatic rings. The van der Waals surface area contributed by atoms with Gasteiger partial charge < -0.3 is 15.7 Å². The van der Waals surface area contributed by atoms with Crippen LogP contribution in [-0.2, 0) is 0 Å². The minimum absolute atomic E-state index is 0.129. The van der Waals surface area contributed by atoms with Gasteiger partial charge in [-0.1, -0.05) is 6.07 Å². The van der Waals surface area contributed by atoms with Gasteiger partial charge in [-0.25, -0.2) is 0 Å². The number of nitrogens with zero attached hydrogens (tertiary/aromatic N) is 1. The molecule has 0 heterocycles. The Hall–Kier alpha value is -2.01. The summed E-state index contributed by atoms with van der Waals surface area (Å²) in [7, 11) is 0. The predicted octanol–water partition coefficient (Wildman–Crippen LogP) is 3.40. The molecule has 0 spiro atoms. The molecule has 0 aromatic heterocycles. The summed E-state index contributed by atoms with van der Waals surface area (Å²) in [4.78, 5) is 14.1. The Kier molecular flexibility index (Phi) is 4.29. The minimum atomic E-state index is -0.155. The van der Waals surface area contributed by atoms with Crippen LogP contribution in [0.25, 0.3) is 0 Å². The van der Waals surface area contributed by atoms with E-state index in [0.29, 0.717) is 23.5 Å². The number of hydrogen-bond donors (Lipinski definition) is 2. The van der Waals surface area contributed by atoms with Crippen molar-refractivity contribution in [3.8, 4) is 5.75 Å². The first-order valence-electron chi connectivity index (χ1n) is 6.19. The number of carbonyl (C=O) groups is 1. The Morgan fingerprint density at radius 3 is 2.65 bits per heavy atom. The summed E-state index contributed by atoms with van der Waals surface area (Å²) < 4.78 is 0.759. The Morgan fingerprint density at radius 2 is 2.05 bits per heavy atom. The quantitative estimate of drug-likeness (QED) is 0.845. The second-order valence-corrected chi connectivity index (χ2v) is 5.16. The molecule has 104 valence electrons. The molecule has 0 radical (unpaired) electrons. The normalized spacial score (nSPS) is 10.3. The number of aromatic hydroxyl groups is 1. The van der Waals surface area contributed by atoms with Gasteiger partial charge >= 0.3 is 0 Å². The van der Waals surface area contributed by atoms with Crippen molar-refractivity contribution in [2.24, 2.45) is 0 Å². The first kappa shape index (κ1) is 14.4. The van der Waals surface area contributed by atoms with Gasteiger partial charge in [0.05, 0.1) is 0 Å². The van der Waals surface area contributed by atoms with Gasteiger partial charge in [0.25, 0.3) is 5.91 Å². The van der Waals surface area contributed by atoms with Crippen molar-refractivity contribution < 1.29 is 9.90 Å². The topological polar surface area (TPSA) is 66.6 Å². The lowest BCUT2D eigenvalue weighted by Gasteiger charge is -2.21. The van der Waals surface area contributed by atoms with Gasteiger partial charge in [0.2, 0.25) is 0 Å². The third kappa shape index (κ3) is 2.93. The lowest BCUT2D eigenvalue weighted by atomic mass is 10.1. The molecule has 0 aliphatic carbocycles. The fourth-order valence-corrected chi connectivity index (χ4v) is 2.18. The van der Waals surface area contributed by atoms with E-state index in [1.165, 1.54) is 0 Å². The summed E-state index contributed by atoms with van der Waals surface area (Å²) in [6.45, 7) is 2.38. The second-order valence-electron chi connectivity index (χ2n) is 4.31. The highest BCUT2D eigenvalue weighted by Crippen LogP contribution is 2.24. The summed E-state index contributed by atoms with van der Waals surface area (Å²) in [5, 5.41) is 9.53. The van der Waals surface area contributed by atoms with Crippen LogP contribution in [0.1, 0.15) is 17.3 Å². The molecular formula is C15H15BrN2O2. The fourth-order valence-electron chi connectivity index (χ4n) is 1.94. The number of halogens is 1. The van der Waals surface area contributed by atoms with Crippen molar-refractivity contribution in [1.82, 2.24) is 0 Å². The second kappa shape index (κ2) is 5.96. The molecule has 3 N–H and O–H groups in total. The number of carbonyl (C=O) groups excluding carboxylic acids is 1. The number of phenolic OH excluding ortho intramolecular Hbond substituents is 1. The Morgan fingerprint density at radius 1 is 1.30 bits per heavy atom. The van der Waals surface area contributed by atoms with Crippen LogP contribution >= 0.6 is 15.9 Å². The van der Waals surface area contributed by atoms with Gasteiger partial charge in [-0.15, -0.1) is 0 Å². The number of nitrogen functional groups attached to an aromatic ring is 1. The highest BCUT2D eigenvalue weighted by Gasteiger charge is 2.17. The lowest BCUT2D eigenvalue weighted by molar-refractivity contribution is 0.0988. The lowest BCUT2D eigenvalue weighted by Crippen LogP contribution is -2.30. The van der Waals surface area contributed by atoms with Gasteiger partial charge in [-0.05, 0) is 53.2 Å². The van der Waals surface area contributed by atoms with E-state index in [1.54, 1.807) is 47.4 Å². The molecule has 0 saturated heterocycles. The summed E-state index contributed by atoms with van der Waals surface area (Å²) in [6.07, 6.45) is 0. The van der Waals surface area contributed by atoms with Crippen molar-refractivity contribution in [3.63, 3.8) is 0 Å². The number of phenols is 1. The molecule has 2 aromatic rings. The smallest absolute Gasteiger partial charge is 0.258 e. The molecule has 20 heavy (non-hydrogen) atoms. The Balaban J connectivity index is 2.36. The average molecular weight is 335 g/mol. The highest BCUT2D eigenvalue weighted by molar-refractivity contribution is 9.10. The average Bonchev–Trinajstić information content (AvgIpc) is 2.42. The molecule has 0 aliphatic heterocycles. The fraction of sp³-hybridized carbons (Fsp3) is 0.133. The summed E-state index contributed by atoms with van der Waals surface area (Å²) in [5.74, 6) is -0.0265. The van der Waals surface area contributed by atoms with Crippen LogP contribution in [0, 0.1) is 0 Å². The van der Waals surface area contributed by atoms with E-state index in [4.69, 9.17) is 5.73 Å². The minimum Gasteiger partial charge on any atom is -0.508 e. The first-order chi connectivity index (χ1) is 9.52. The van der Waals surface area contributed by atoms with Crippen LogP contribution in [0.15, 0.2) is 46.9 Å². The van der Waals surface area contributed by atoms with Crippen LogP contribution in [0.4, 0.5) is 11.4 Å². The maximum Gasteiger partial charge on any atom is 0.258 e. The summed E-state index contributed by atoms with van der Waals surface area (Å²) in [5.41, 5.74) is 7.48. The van der Waals surface area contributed by atoms with Crippen LogP contribution in [0.5, 0.6) is 5.75 Å². The van der Waals surface area contributed by atoms with Crippen molar-refractivity contribution >= 4 is 33.2 Å². The third-order valence-corrected chi connectivity index (χ3v) is 3.67. The van der Waals surface area contributed by atoms with E-state index in [9.17, 15) is 9.90 Å². The van der Waals surface area contributed by atoms with E-state index in [1.807, 2.05) is 6.92 Å². The van der Waals surface area contributed by atoms with E-state index >= 15 is 0 Å². The number of amides is 1. The number of nitrogens with two attached hydrogens (primary N) is 1. The van der Waals surface area contributed by atoms with Gasteiger partial charge in [0.15, 0.2) is 0 Å². The zero-order valence-corrected chi connectivity index (χ0v) is 12.6. The Bertz CT molecular complexity index is 644. The predicted molar refractivity (Wildman–Crippen MR) is 84.0 cm³/mol. The van der Waals surface area contributed by atoms with Gasteiger partial charge in [-0.2, -0.15) is 0 Å². The Labute approximate surface area is 126 Å². The molecule has 2 rings (SSSR count). The van der Waals surface area contributed by atoms with E-state index < -0.39 is 0 Å². The number of benzene rings is 2. The standard InChI is InChI=1S/C15H15BrN2O2/c1-2-18(11-4-3-5-12(19)9-11)15(20)10-6-7-13(16)14(17)8-10/h3-9,19H,2,17H2,1H3. The van der Waals surface area contributed by atoms with Gasteiger partial charge in [-0.3, -0.25) is 4.79 Å². The number of hydrogen-bond acceptors (Lipinski definition) is 3. The monoisotopic (exact) mass is 334 g/mol. The van der Waals surface area contributed by atoms with E-state index in [0.717, 1.165) is 4.47 Å². The summed E-state index contributed by atoms with van der Waals surface area (Å²) >= 11 is 3.30. The molecule has 0 bridgehead atoms. The first-order valence-corrected chi connectivity index (χ1v) is 6.98. The van der Waals surface area contributed by atoms with Crippen LogP contribution in [0.3, 0.4) is 0 Å². The van der Waals surface area contributed by atoms with Gasteiger partial charge in [0.1, 0.15) is 5.75 Å². The summed E-state index contributed by atoms with van der Waals surface area (Å²) in [6, 6.07) is 11.7. The molecule has 0 atom stereocenters. The molecule has 5 heteroatoms. The zero-order valence-electron chi connectivity index (χ0n) is 11.0. The third-order valence-electron chi connectivity index (χ3n) is 2.95. The van der Waals surface area contributed by atoms with Crippen molar-refractivity contribution in [3.05, 3.63) is 52.5 Å².